The number of benzene rings is 2. The first kappa shape index (κ1) is 11.7. The first-order chi connectivity index (χ1) is 8.08. The third-order valence-electron chi connectivity index (χ3n) is 2.43. The average molecular weight is 247 g/mol. The van der Waals surface area contributed by atoms with E-state index in [2.05, 4.69) is 0 Å². The number of phenols is 1. The number of nitrogens with two attached hydrogens (primary N) is 1. The van der Waals surface area contributed by atoms with Crippen molar-refractivity contribution in [3.05, 3.63) is 48.0 Å². The molecular weight excluding hydrogens is 234 g/mol. The van der Waals surface area contributed by atoms with E-state index in [9.17, 15) is 9.32 Å². The summed E-state index contributed by atoms with van der Waals surface area (Å²) in [4.78, 5) is 1.11. The Balaban J connectivity index is 2.43. The number of aryl methyl sites for hydroxylation is 1. The summed E-state index contributed by atoms with van der Waals surface area (Å²) in [6, 6.07) is 11.9. The third kappa shape index (κ3) is 2.47. The molecule has 0 radical (unpaired) electrons. The monoisotopic (exact) mass is 247 g/mol. The van der Waals surface area contributed by atoms with Crippen molar-refractivity contribution in [1.29, 1.82) is 0 Å². The molecule has 0 aromatic heterocycles. The number of nitrogen functional groups attached to an aromatic ring is 1. The Morgan fingerprint density at radius 2 is 1.76 bits per heavy atom. The fourth-order valence-electron chi connectivity index (χ4n) is 1.47. The van der Waals surface area contributed by atoms with Gasteiger partial charge in [0.15, 0.2) is 0 Å². The van der Waals surface area contributed by atoms with Crippen LogP contribution < -0.4 is 5.73 Å². The molecule has 0 saturated heterocycles. The zero-order chi connectivity index (χ0) is 12.4. The lowest BCUT2D eigenvalue weighted by Crippen LogP contribution is -1.98. The molecule has 0 spiro atoms. The fraction of sp³-hybridized carbons (Fsp3) is 0.0769. The van der Waals surface area contributed by atoms with Crippen LogP contribution in [0.2, 0.25) is 0 Å². The van der Waals surface area contributed by atoms with Gasteiger partial charge in [0.25, 0.3) is 0 Å². The second-order valence-corrected chi connectivity index (χ2v) is 5.25. The maximum atomic E-state index is 12.3. The summed E-state index contributed by atoms with van der Waals surface area (Å²) in [5.41, 5.74) is 7.28. The molecule has 0 heterocycles. The van der Waals surface area contributed by atoms with Crippen LogP contribution in [-0.4, -0.2) is 9.32 Å². The Kier molecular flexibility index (Phi) is 3.15. The lowest BCUT2D eigenvalue weighted by Gasteiger charge is -2.06. The van der Waals surface area contributed by atoms with E-state index >= 15 is 0 Å². The van der Waals surface area contributed by atoms with Gasteiger partial charge in [-0.05, 0) is 37.3 Å². The summed E-state index contributed by atoms with van der Waals surface area (Å²) < 4.78 is 12.3. The molecule has 0 amide bonds. The molecule has 3 nitrogen and oxygen atoms in total. The van der Waals surface area contributed by atoms with Crippen molar-refractivity contribution in [2.75, 3.05) is 5.73 Å². The van der Waals surface area contributed by atoms with Crippen molar-refractivity contribution in [1.82, 2.24) is 0 Å². The van der Waals surface area contributed by atoms with Gasteiger partial charge in [-0.3, -0.25) is 0 Å². The molecule has 2 aromatic rings. The summed E-state index contributed by atoms with van der Waals surface area (Å²) in [7, 11) is -1.36. The highest BCUT2D eigenvalue weighted by Gasteiger charge is 2.11. The van der Waals surface area contributed by atoms with E-state index in [0.29, 0.717) is 15.5 Å². The number of rotatable bonds is 2. The van der Waals surface area contributed by atoms with Crippen molar-refractivity contribution in [3.8, 4) is 5.75 Å². The van der Waals surface area contributed by atoms with E-state index in [1.165, 1.54) is 12.1 Å². The quantitative estimate of drug-likeness (QED) is 0.633. The van der Waals surface area contributed by atoms with Gasteiger partial charge in [0.2, 0.25) is 0 Å². The molecule has 0 aliphatic carbocycles. The minimum atomic E-state index is -1.36. The molecule has 1 unspecified atom stereocenters. The maximum absolute atomic E-state index is 12.3. The molecule has 17 heavy (non-hydrogen) atoms. The molecule has 2 aromatic carbocycles. The topological polar surface area (TPSA) is 63.3 Å². The number of phenolic OH excluding ortho intramolecular Hbond substituents is 1. The lowest BCUT2D eigenvalue weighted by molar-refractivity contribution is 0.474. The van der Waals surface area contributed by atoms with Crippen molar-refractivity contribution < 1.29 is 9.32 Å². The van der Waals surface area contributed by atoms with Crippen LogP contribution in [0.3, 0.4) is 0 Å². The van der Waals surface area contributed by atoms with Crippen LogP contribution in [0.4, 0.5) is 5.69 Å². The van der Waals surface area contributed by atoms with Gasteiger partial charge in [-0.15, -0.1) is 0 Å². The number of anilines is 1. The van der Waals surface area contributed by atoms with E-state index < -0.39 is 10.8 Å². The predicted molar refractivity (Wildman–Crippen MR) is 68.4 cm³/mol. The highest BCUT2D eigenvalue weighted by Crippen LogP contribution is 2.25. The zero-order valence-corrected chi connectivity index (χ0v) is 10.2. The van der Waals surface area contributed by atoms with Crippen molar-refractivity contribution in [2.24, 2.45) is 0 Å². The highest BCUT2D eigenvalue weighted by molar-refractivity contribution is 7.85. The molecule has 2 rings (SSSR count). The van der Waals surface area contributed by atoms with Crippen LogP contribution in [0, 0.1) is 6.92 Å². The molecule has 0 aliphatic heterocycles. The molecule has 88 valence electrons. The van der Waals surface area contributed by atoms with E-state index in [4.69, 9.17) is 5.73 Å². The van der Waals surface area contributed by atoms with Crippen LogP contribution >= 0.6 is 0 Å². The Morgan fingerprint density at radius 3 is 2.41 bits per heavy atom. The number of hydrogen-bond acceptors (Lipinski definition) is 3. The normalized spacial score (nSPS) is 12.3. The van der Waals surface area contributed by atoms with Gasteiger partial charge in [0.1, 0.15) is 5.75 Å². The lowest BCUT2D eigenvalue weighted by atomic mass is 10.2. The Hall–Kier alpha value is -1.81. The van der Waals surface area contributed by atoms with Gasteiger partial charge >= 0.3 is 0 Å². The van der Waals surface area contributed by atoms with Crippen LogP contribution in [0.15, 0.2) is 52.3 Å². The van der Waals surface area contributed by atoms with Crippen molar-refractivity contribution >= 4 is 16.5 Å². The minimum Gasteiger partial charge on any atom is -0.508 e. The van der Waals surface area contributed by atoms with Gasteiger partial charge in [-0.25, -0.2) is 4.21 Å². The zero-order valence-electron chi connectivity index (χ0n) is 9.38. The van der Waals surface area contributed by atoms with Gasteiger partial charge in [0.05, 0.1) is 15.7 Å². The van der Waals surface area contributed by atoms with Crippen LogP contribution in [0.25, 0.3) is 0 Å². The summed E-state index contributed by atoms with van der Waals surface area (Å²) in [6.07, 6.45) is 0. The molecule has 0 bridgehead atoms. The van der Waals surface area contributed by atoms with E-state index in [1.54, 1.807) is 18.2 Å². The van der Waals surface area contributed by atoms with Gasteiger partial charge in [-0.2, -0.15) is 0 Å². The average Bonchev–Trinajstić information content (AvgIpc) is 2.32. The molecule has 4 heteroatoms. The van der Waals surface area contributed by atoms with E-state index in [-0.39, 0.29) is 5.75 Å². The van der Waals surface area contributed by atoms with Crippen LogP contribution in [0.1, 0.15) is 5.56 Å². The summed E-state index contributed by atoms with van der Waals surface area (Å²) >= 11 is 0. The first-order valence-corrected chi connectivity index (χ1v) is 6.30. The Bertz CT molecular complexity index is 564. The molecule has 3 N–H and O–H groups in total. The third-order valence-corrected chi connectivity index (χ3v) is 3.89. The number of hydrogen-bond donors (Lipinski definition) is 2. The minimum absolute atomic E-state index is 0.0645. The summed E-state index contributed by atoms with van der Waals surface area (Å²) in [5, 5.41) is 9.39. The van der Waals surface area contributed by atoms with Crippen LogP contribution in [-0.2, 0) is 10.8 Å². The van der Waals surface area contributed by atoms with Gasteiger partial charge < -0.3 is 10.8 Å². The molecule has 0 aliphatic rings. The number of aromatic hydroxyl groups is 1. The second-order valence-electron chi connectivity index (χ2n) is 3.80. The standard InChI is InChI=1S/C13H13NO2S/c1-9-2-5-11(6-3-9)17(16)13-8-10(15)4-7-12(13)14/h2-8,15H,14H2,1H3. The van der Waals surface area contributed by atoms with Gasteiger partial charge in [-0.1, -0.05) is 17.7 Å². The van der Waals surface area contributed by atoms with Crippen molar-refractivity contribution in [3.63, 3.8) is 0 Å². The maximum Gasteiger partial charge on any atom is 0.116 e. The fourth-order valence-corrected chi connectivity index (χ4v) is 2.62. The Labute approximate surface area is 102 Å². The summed E-state index contributed by atoms with van der Waals surface area (Å²) in [5.74, 6) is 0.0645. The van der Waals surface area contributed by atoms with Gasteiger partial charge in [0, 0.05) is 10.6 Å². The molecule has 1 atom stereocenters. The molecule has 0 fully saturated rings. The van der Waals surface area contributed by atoms with E-state index in [0.717, 1.165) is 5.56 Å². The SMILES string of the molecule is Cc1ccc(S(=O)c2cc(O)ccc2N)cc1. The highest BCUT2D eigenvalue weighted by atomic mass is 32.2. The molecular formula is C13H13NO2S. The van der Waals surface area contributed by atoms with E-state index in [1.807, 2.05) is 19.1 Å². The van der Waals surface area contributed by atoms with Crippen LogP contribution in [0.5, 0.6) is 5.75 Å². The van der Waals surface area contributed by atoms with Crippen molar-refractivity contribution in [2.45, 2.75) is 16.7 Å². The largest absolute Gasteiger partial charge is 0.508 e. The first-order valence-electron chi connectivity index (χ1n) is 5.15. The predicted octanol–water partition coefficient (Wildman–Crippen LogP) is 2.45. The summed E-state index contributed by atoms with van der Waals surface area (Å²) in [6.45, 7) is 1.97. The Morgan fingerprint density at radius 1 is 1.12 bits per heavy atom. The molecule has 0 saturated carbocycles. The smallest absolute Gasteiger partial charge is 0.116 e. The second kappa shape index (κ2) is 4.59.